The van der Waals surface area contributed by atoms with Crippen molar-refractivity contribution in [1.29, 1.82) is 0 Å². The van der Waals surface area contributed by atoms with E-state index in [1.807, 2.05) is 0 Å². The van der Waals surface area contributed by atoms with Crippen LogP contribution in [0.5, 0.6) is 0 Å². The van der Waals surface area contributed by atoms with Gasteiger partial charge in [-0.15, -0.1) is 0 Å². The normalized spacial score (nSPS) is 10.8. The molecule has 2 aromatic rings. The van der Waals surface area contributed by atoms with Gasteiger partial charge in [0.25, 0.3) is 10.0 Å². The maximum Gasteiger partial charge on any atom is 0.339 e. The van der Waals surface area contributed by atoms with Gasteiger partial charge in [0.05, 0.1) is 48.7 Å². The molecule has 0 aliphatic carbocycles. The average molecular weight is 442 g/mol. The quantitative estimate of drug-likeness (QED) is 0.535. The molecule has 0 saturated carbocycles. The summed E-state index contributed by atoms with van der Waals surface area (Å²) in [5, 5.41) is -0.172. The minimum Gasteiger partial charge on any atom is -0.465 e. The van der Waals surface area contributed by atoms with E-state index >= 15 is 0 Å². The zero-order valence-corrected chi connectivity index (χ0v) is 17.1. The van der Waals surface area contributed by atoms with Crippen molar-refractivity contribution in [3.05, 3.63) is 58.1 Å². The third-order valence-corrected chi connectivity index (χ3v) is 5.58. The van der Waals surface area contributed by atoms with Gasteiger partial charge in [-0.25, -0.2) is 22.8 Å². The molecule has 0 unspecified atom stereocenters. The molecule has 11 heteroatoms. The average Bonchev–Trinajstić information content (AvgIpc) is 2.71. The molecule has 0 amide bonds. The Bertz CT molecular complexity index is 1080. The van der Waals surface area contributed by atoms with Crippen LogP contribution in [0.25, 0.3) is 0 Å². The Morgan fingerprint density at radius 3 is 1.90 bits per heavy atom. The summed E-state index contributed by atoms with van der Waals surface area (Å²) in [5.41, 5.74) is -0.440. The Balaban J connectivity index is 2.58. The lowest BCUT2D eigenvalue weighted by Gasteiger charge is -2.14. The van der Waals surface area contributed by atoms with Crippen molar-refractivity contribution < 1.29 is 37.0 Å². The fourth-order valence-corrected chi connectivity index (χ4v) is 3.91. The Kier molecular flexibility index (Phi) is 6.83. The molecule has 1 N–H and O–H groups in total. The van der Waals surface area contributed by atoms with Gasteiger partial charge in [-0.1, -0.05) is 11.6 Å². The molecular formula is C18H16ClNO8S. The first kappa shape index (κ1) is 22.2. The van der Waals surface area contributed by atoms with Crippen LogP contribution in [0.2, 0.25) is 5.02 Å². The minimum absolute atomic E-state index is 0.00717. The molecule has 0 aliphatic heterocycles. The van der Waals surface area contributed by atoms with Crippen LogP contribution in [0.15, 0.2) is 41.3 Å². The Morgan fingerprint density at radius 2 is 1.34 bits per heavy atom. The first-order chi connectivity index (χ1) is 13.6. The highest BCUT2D eigenvalue weighted by Crippen LogP contribution is 2.28. The number of methoxy groups -OCH3 is 3. The third kappa shape index (κ3) is 4.84. The zero-order valence-electron chi connectivity index (χ0n) is 15.5. The number of ether oxygens (including phenoxy) is 3. The van der Waals surface area contributed by atoms with Gasteiger partial charge in [0.15, 0.2) is 0 Å². The second-order valence-corrected chi connectivity index (χ2v) is 7.54. The summed E-state index contributed by atoms with van der Waals surface area (Å²) in [4.78, 5) is 35.0. The highest BCUT2D eigenvalue weighted by atomic mass is 35.5. The summed E-state index contributed by atoms with van der Waals surface area (Å²) in [7, 11) is -0.960. The lowest BCUT2D eigenvalue weighted by atomic mass is 10.1. The summed E-state index contributed by atoms with van der Waals surface area (Å²) in [5.74, 6) is -2.35. The topological polar surface area (TPSA) is 125 Å². The predicted octanol–water partition coefficient (Wildman–Crippen LogP) is 2.50. The lowest BCUT2D eigenvalue weighted by molar-refractivity contribution is 0.0587. The maximum absolute atomic E-state index is 12.9. The van der Waals surface area contributed by atoms with E-state index in [9.17, 15) is 22.8 Å². The Morgan fingerprint density at radius 1 is 0.828 bits per heavy atom. The van der Waals surface area contributed by atoms with Crippen LogP contribution in [0, 0.1) is 0 Å². The Hall–Kier alpha value is -3.11. The molecular weight excluding hydrogens is 426 g/mol. The molecule has 29 heavy (non-hydrogen) atoms. The van der Waals surface area contributed by atoms with Crippen LogP contribution in [0.3, 0.4) is 0 Å². The second kappa shape index (κ2) is 8.93. The molecule has 154 valence electrons. The summed E-state index contributed by atoms with van der Waals surface area (Å²) in [6.45, 7) is 0. The monoisotopic (exact) mass is 441 g/mol. The fourth-order valence-electron chi connectivity index (χ4n) is 2.32. The molecule has 0 fully saturated rings. The number of halogens is 1. The number of esters is 3. The molecule has 9 nitrogen and oxygen atoms in total. The second-order valence-electron chi connectivity index (χ2n) is 5.49. The summed E-state index contributed by atoms with van der Waals surface area (Å²) >= 11 is 5.99. The van der Waals surface area contributed by atoms with Crippen molar-refractivity contribution in [2.75, 3.05) is 26.1 Å². The van der Waals surface area contributed by atoms with E-state index in [1.165, 1.54) is 24.3 Å². The number of nitrogens with one attached hydrogen (secondary N) is 1. The van der Waals surface area contributed by atoms with Gasteiger partial charge in [-0.05, 0) is 36.4 Å². The van der Waals surface area contributed by atoms with Crippen LogP contribution in [0.1, 0.15) is 31.1 Å². The highest BCUT2D eigenvalue weighted by Gasteiger charge is 2.24. The minimum atomic E-state index is -4.37. The van der Waals surface area contributed by atoms with E-state index < -0.39 is 32.8 Å². The standard InChI is InChI=1S/C18H16ClNO8S/c1-26-16(21)10-4-6-12(18(23)28-3)14(8-10)20-29(24,25)15-9-11(17(22)27-2)5-7-13(15)19/h4-9,20H,1-3H3. The molecule has 0 aliphatic rings. The van der Waals surface area contributed by atoms with Crippen LogP contribution >= 0.6 is 11.6 Å². The molecule has 0 saturated heterocycles. The van der Waals surface area contributed by atoms with E-state index in [0.717, 1.165) is 33.5 Å². The zero-order chi connectivity index (χ0) is 21.8. The number of sulfonamides is 1. The number of hydrogen-bond acceptors (Lipinski definition) is 8. The molecule has 0 bridgehead atoms. The SMILES string of the molecule is COC(=O)c1ccc(C(=O)OC)c(NS(=O)(=O)c2cc(C(=O)OC)ccc2Cl)c1. The number of benzene rings is 2. The number of rotatable bonds is 6. The molecule has 0 heterocycles. The first-order valence-electron chi connectivity index (χ1n) is 7.86. The number of carbonyl (C=O) groups excluding carboxylic acids is 3. The largest absolute Gasteiger partial charge is 0.465 e. The molecule has 0 spiro atoms. The first-order valence-corrected chi connectivity index (χ1v) is 9.72. The van der Waals surface area contributed by atoms with Crippen LogP contribution in [0.4, 0.5) is 5.69 Å². The molecule has 2 aromatic carbocycles. The van der Waals surface area contributed by atoms with Gasteiger partial charge in [-0.3, -0.25) is 4.72 Å². The summed E-state index contributed by atoms with van der Waals surface area (Å²) in [6, 6.07) is 7.15. The van der Waals surface area contributed by atoms with E-state index in [1.54, 1.807) is 0 Å². The lowest BCUT2D eigenvalue weighted by Crippen LogP contribution is -2.18. The van der Waals surface area contributed by atoms with Crippen molar-refractivity contribution in [1.82, 2.24) is 0 Å². The van der Waals surface area contributed by atoms with Crippen molar-refractivity contribution >= 4 is 45.2 Å². The predicted molar refractivity (Wildman–Crippen MR) is 103 cm³/mol. The smallest absolute Gasteiger partial charge is 0.339 e. The third-order valence-electron chi connectivity index (χ3n) is 3.73. The van der Waals surface area contributed by atoms with Crippen LogP contribution < -0.4 is 4.72 Å². The van der Waals surface area contributed by atoms with Crippen LogP contribution in [-0.2, 0) is 24.2 Å². The summed E-state index contributed by atoms with van der Waals surface area (Å²) < 4.78 is 41.8. The van der Waals surface area contributed by atoms with Crippen molar-refractivity contribution in [2.24, 2.45) is 0 Å². The number of carbonyl (C=O) groups is 3. The number of anilines is 1. The van der Waals surface area contributed by atoms with E-state index in [2.05, 4.69) is 18.9 Å². The molecule has 2 rings (SSSR count). The van der Waals surface area contributed by atoms with Gasteiger partial charge in [0, 0.05) is 0 Å². The van der Waals surface area contributed by atoms with Gasteiger partial charge in [0.1, 0.15) is 4.90 Å². The molecule has 0 aromatic heterocycles. The van der Waals surface area contributed by atoms with E-state index in [0.29, 0.717) is 0 Å². The van der Waals surface area contributed by atoms with Gasteiger partial charge in [0.2, 0.25) is 0 Å². The van der Waals surface area contributed by atoms with E-state index in [4.69, 9.17) is 11.6 Å². The maximum atomic E-state index is 12.9. The van der Waals surface area contributed by atoms with Gasteiger partial charge in [-0.2, -0.15) is 0 Å². The Labute approximate surface area is 171 Å². The summed E-state index contributed by atoms with van der Waals surface area (Å²) in [6.07, 6.45) is 0. The van der Waals surface area contributed by atoms with Crippen LogP contribution in [-0.4, -0.2) is 47.7 Å². The van der Waals surface area contributed by atoms with Crippen molar-refractivity contribution in [3.8, 4) is 0 Å². The van der Waals surface area contributed by atoms with Gasteiger partial charge < -0.3 is 14.2 Å². The highest BCUT2D eigenvalue weighted by molar-refractivity contribution is 7.92. The van der Waals surface area contributed by atoms with Crippen molar-refractivity contribution in [2.45, 2.75) is 4.90 Å². The van der Waals surface area contributed by atoms with Gasteiger partial charge >= 0.3 is 17.9 Å². The molecule has 0 atom stereocenters. The fraction of sp³-hybridized carbons (Fsp3) is 0.167. The molecule has 0 radical (unpaired) electrons. The number of hydrogen-bond donors (Lipinski definition) is 1. The van der Waals surface area contributed by atoms with Crippen molar-refractivity contribution in [3.63, 3.8) is 0 Å². The van der Waals surface area contributed by atoms with E-state index in [-0.39, 0.29) is 27.4 Å².